The maximum atomic E-state index is 12.4. The van der Waals surface area contributed by atoms with Gasteiger partial charge in [0.25, 0.3) is 0 Å². The number of H-pyrrole nitrogens is 1. The summed E-state index contributed by atoms with van der Waals surface area (Å²) in [4.78, 5) is 0.277. The molecule has 19 heavy (non-hydrogen) atoms. The summed E-state index contributed by atoms with van der Waals surface area (Å²) in [5.74, 6) is 0. The summed E-state index contributed by atoms with van der Waals surface area (Å²) in [5.41, 5.74) is 1.10. The van der Waals surface area contributed by atoms with E-state index in [4.69, 9.17) is 0 Å². The maximum Gasteiger partial charge on any atom is 0.244 e. The van der Waals surface area contributed by atoms with Crippen molar-refractivity contribution >= 4 is 21.8 Å². The monoisotopic (exact) mass is 304 g/mol. The summed E-state index contributed by atoms with van der Waals surface area (Å²) in [5, 5.41) is 9.71. The average molecular weight is 304 g/mol. The van der Waals surface area contributed by atoms with E-state index in [0.29, 0.717) is 24.5 Å². The van der Waals surface area contributed by atoms with Crippen molar-refractivity contribution in [2.24, 2.45) is 0 Å². The Balaban J connectivity index is 2.17. The molecule has 0 bridgehead atoms. The molecule has 0 aromatic carbocycles. The first-order valence-electron chi connectivity index (χ1n) is 6.17. The fourth-order valence-electron chi connectivity index (χ4n) is 2.00. The standard InChI is InChI=1S/C11H20N4O2S2/c1-8-10(9(6-12-2)15-14-8)19(16,17)13-7-11(18-3)4-5-11/h12-13H,4-7H2,1-3H3,(H,14,15). The first-order chi connectivity index (χ1) is 8.94. The minimum absolute atomic E-state index is 0.105. The van der Waals surface area contributed by atoms with E-state index in [0.717, 1.165) is 12.8 Å². The summed E-state index contributed by atoms with van der Waals surface area (Å²) in [6.45, 7) is 2.64. The van der Waals surface area contributed by atoms with Crippen LogP contribution in [0.5, 0.6) is 0 Å². The fraction of sp³-hybridized carbons (Fsp3) is 0.727. The van der Waals surface area contributed by atoms with Crippen LogP contribution in [0.25, 0.3) is 0 Å². The van der Waals surface area contributed by atoms with Crippen molar-refractivity contribution in [2.75, 3.05) is 19.8 Å². The zero-order valence-corrected chi connectivity index (χ0v) is 13.0. The molecule has 0 atom stereocenters. The minimum Gasteiger partial charge on any atom is -0.314 e. The van der Waals surface area contributed by atoms with Crippen LogP contribution in [0.1, 0.15) is 24.2 Å². The third kappa shape index (κ3) is 3.13. The molecule has 1 fully saturated rings. The summed E-state index contributed by atoms with van der Waals surface area (Å²) >= 11 is 1.73. The predicted octanol–water partition coefficient (Wildman–Crippen LogP) is 0.611. The van der Waals surface area contributed by atoms with E-state index in [9.17, 15) is 8.42 Å². The molecule has 1 aromatic rings. The van der Waals surface area contributed by atoms with E-state index in [1.54, 1.807) is 25.7 Å². The van der Waals surface area contributed by atoms with Crippen LogP contribution in [-0.2, 0) is 16.6 Å². The van der Waals surface area contributed by atoms with Gasteiger partial charge in [-0.2, -0.15) is 16.9 Å². The lowest BCUT2D eigenvalue weighted by atomic mass is 10.4. The molecule has 0 spiro atoms. The molecular weight excluding hydrogens is 284 g/mol. The summed E-state index contributed by atoms with van der Waals surface area (Å²) in [6.07, 6.45) is 4.17. The van der Waals surface area contributed by atoms with Crippen LogP contribution in [0.2, 0.25) is 0 Å². The lowest BCUT2D eigenvalue weighted by Gasteiger charge is -2.13. The molecule has 0 amide bonds. The molecule has 1 aliphatic rings. The Kier molecular flexibility index (Phi) is 4.24. The largest absolute Gasteiger partial charge is 0.314 e. The van der Waals surface area contributed by atoms with Crippen molar-refractivity contribution in [3.05, 3.63) is 11.4 Å². The van der Waals surface area contributed by atoms with Gasteiger partial charge >= 0.3 is 0 Å². The van der Waals surface area contributed by atoms with Crippen LogP contribution in [0.4, 0.5) is 0 Å². The Bertz CT molecular complexity index is 549. The summed E-state index contributed by atoms with van der Waals surface area (Å²) in [6, 6.07) is 0. The Morgan fingerprint density at radius 1 is 1.47 bits per heavy atom. The van der Waals surface area contributed by atoms with E-state index in [1.165, 1.54) is 0 Å². The topological polar surface area (TPSA) is 86.9 Å². The molecule has 0 radical (unpaired) electrons. The molecule has 108 valence electrons. The normalized spacial score (nSPS) is 17.6. The van der Waals surface area contributed by atoms with Gasteiger partial charge in [-0.15, -0.1) is 0 Å². The molecule has 1 saturated carbocycles. The highest BCUT2D eigenvalue weighted by molar-refractivity contribution is 8.00. The predicted molar refractivity (Wildman–Crippen MR) is 76.8 cm³/mol. The van der Waals surface area contributed by atoms with E-state index in [1.807, 2.05) is 6.26 Å². The van der Waals surface area contributed by atoms with E-state index in [-0.39, 0.29) is 9.64 Å². The maximum absolute atomic E-state index is 12.4. The molecule has 3 N–H and O–H groups in total. The van der Waals surface area contributed by atoms with Gasteiger partial charge in [0.15, 0.2) is 0 Å². The number of nitrogens with one attached hydrogen (secondary N) is 3. The number of nitrogens with zero attached hydrogens (tertiary/aromatic N) is 1. The number of sulfonamides is 1. The van der Waals surface area contributed by atoms with Crippen molar-refractivity contribution in [3.63, 3.8) is 0 Å². The molecule has 0 unspecified atom stereocenters. The van der Waals surface area contributed by atoms with Gasteiger partial charge in [0.2, 0.25) is 10.0 Å². The van der Waals surface area contributed by atoms with Crippen LogP contribution in [0, 0.1) is 6.92 Å². The molecule has 2 rings (SSSR count). The number of hydrogen-bond donors (Lipinski definition) is 3. The Labute approximate surface area is 118 Å². The molecule has 6 nitrogen and oxygen atoms in total. The van der Waals surface area contributed by atoms with Crippen LogP contribution < -0.4 is 10.0 Å². The van der Waals surface area contributed by atoms with E-state index < -0.39 is 10.0 Å². The van der Waals surface area contributed by atoms with Gasteiger partial charge in [-0.25, -0.2) is 13.1 Å². The highest BCUT2D eigenvalue weighted by atomic mass is 32.2. The van der Waals surface area contributed by atoms with Gasteiger partial charge in [-0.1, -0.05) is 0 Å². The van der Waals surface area contributed by atoms with Gasteiger partial charge in [-0.05, 0) is 33.1 Å². The molecule has 1 heterocycles. The van der Waals surface area contributed by atoms with E-state index in [2.05, 4.69) is 20.2 Å². The number of hydrogen-bond acceptors (Lipinski definition) is 5. The quantitative estimate of drug-likeness (QED) is 0.687. The molecule has 8 heteroatoms. The van der Waals surface area contributed by atoms with Gasteiger partial charge < -0.3 is 5.32 Å². The second-order valence-electron chi connectivity index (χ2n) is 4.87. The summed E-state index contributed by atoms with van der Waals surface area (Å²) in [7, 11) is -1.74. The second kappa shape index (κ2) is 5.43. The first-order valence-corrected chi connectivity index (χ1v) is 8.88. The van der Waals surface area contributed by atoms with Crippen LogP contribution in [0.3, 0.4) is 0 Å². The van der Waals surface area contributed by atoms with E-state index >= 15 is 0 Å². The van der Waals surface area contributed by atoms with Crippen molar-refractivity contribution in [1.82, 2.24) is 20.2 Å². The van der Waals surface area contributed by atoms with Crippen LogP contribution in [-0.4, -0.2) is 43.2 Å². The van der Waals surface area contributed by atoms with Gasteiger partial charge in [0.1, 0.15) is 4.90 Å². The highest BCUT2D eigenvalue weighted by Gasteiger charge is 2.42. The van der Waals surface area contributed by atoms with Gasteiger partial charge in [0, 0.05) is 17.8 Å². The van der Waals surface area contributed by atoms with Crippen LogP contribution >= 0.6 is 11.8 Å². The minimum atomic E-state index is -3.50. The van der Waals surface area contributed by atoms with Gasteiger partial charge in [-0.3, -0.25) is 5.10 Å². The first kappa shape index (κ1) is 14.8. The second-order valence-corrected chi connectivity index (χ2v) is 7.84. The third-order valence-corrected chi connectivity index (χ3v) is 6.42. The van der Waals surface area contributed by atoms with Crippen molar-refractivity contribution in [2.45, 2.75) is 36.0 Å². The molecule has 0 aliphatic heterocycles. The Hall–Kier alpha value is -0.570. The van der Waals surface area contributed by atoms with Gasteiger partial charge in [0.05, 0.1) is 11.4 Å². The fourth-order valence-corrected chi connectivity index (χ4v) is 4.31. The average Bonchev–Trinajstić information content (AvgIpc) is 3.06. The molecular formula is C11H20N4O2S2. The zero-order valence-electron chi connectivity index (χ0n) is 11.4. The number of aromatic nitrogens is 2. The highest BCUT2D eigenvalue weighted by Crippen LogP contribution is 2.46. The lowest BCUT2D eigenvalue weighted by Crippen LogP contribution is -2.32. The molecule has 0 saturated heterocycles. The SMILES string of the molecule is CNCc1n[nH]c(C)c1S(=O)(=O)NCC1(SC)CC1. The Morgan fingerprint density at radius 2 is 2.16 bits per heavy atom. The molecule has 1 aliphatic carbocycles. The van der Waals surface area contributed by atoms with Crippen molar-refractivity contribution in [1.29, 1.82) is 0 Å². The summed E-state index contributed by atoms with van der Waals surface area (Å²) < 4.78 is 27.6. The number of rotatable bonds is 7. The number of thioether (sulfide) groups is 1. The molecule has 1 aromatic heterocycles. The number of aromatic amines is 1. The lowest BCUT2D eigenvalue weighted by molar-refractivity contribution is 0.577. The zero-order chi connectivity index (χ0) is 14.1. The third-order valence-electron chi connectivity index (χ3n) is 3.40. The van der Waals surface area contributed by atoms with Crippen LogP contribution in [0.15, 0.2) is 4.90 Å². The van der Waals surface area contributed by atoms with Crippen molar-refractivity contribution < 1.29 is 8.42 Å². The van der Waals surface area contributed by atoms with Crippen molar-refractivity contribution in [3.8, 4) is 0 Å². The Morgan fingerprint density at radius 3 is 2.68 bits per heavy atom. The smallest absolute Gasteiger partial charge is 0.244 e. The number of aryl methyl sites for hydroxylation is 1.